The molecular formula is C9H19NNaO4S. The smallest absolute Gasteiger partial charge is 0.322 e. The summed E-state index contributed by atoms with van der Waals surface area (Å²) in [7, 11) is -2.05. The molecule has 0 rings (SSSR count). The van der Waals surface area contributed by atoms with E-state index in [1.165, 1.54) is 0 Å². The summed E-state index contributed by atoms with van der Waals surface area (Å²) in [6, 6.07) is 0. The van der Waals surface area contributed by atoms with Gasteiger partial charge in [-0.15, -0.1) is 0 Å². The maximum absolute atomic E-state index is 11.1. The summed E-state index contributed by atoms with van der Waals surface area (Å²) >= 11 is 0. The van der Waals surface area contributed by atoms with Gasteiger partial charge >= 0.3 is 16.1 Å². The molecule has 5 nitrogen and oxygen atoms in total. The third-order valence-electron chi connectivity index (χ3n) is 1.81. The second-order valence-corrected chi connectivity index (χ2v) is 4.97. The molecular weight excluding hydrogens is 241 g/mol. The molecule has 0 fully saturated rings. The minimum absolute atomic E-state index is 0. The van der Waals surface area contributed by atoms with Gasteiger partial charge in [-0.2, -0.15) is 8.42 Å². The van der Waals surface area contributed by atoms with Gasteiger partial charge in [-0.05, 0) is 13.5 Å². The van der Waals surface area contributed by atoms with Crippen molar-refractivity contribution in [3.8, 4) is 0 Å². The van der Waals surface area contributed by atoms with Crippen molar-refractivity contribution < 1.29 is 17.4 Å². The maximum Gasteiger partial charge on any atom is 0.322 e. The molecule has 0 aliphatic rings. The molecule has 0 heterocycles. The van der Waals surface area contributed by atoms with Crippen LogP contribution in [-0.4, -0.2) is 63.3 Å². The minimum atomic E-state index is -3.69. The monoisotopic (exact) mass is 260 g/mol. The fourth-order valence-electron chi connectivity index (χ4n) is 0.971. The van der Waals surface area contributed by atoms with Gasteiger partial charge in [0.05, 0.1) is 5.75 Å². The summed E-state index contributed by atoms with van der Waals surface area (Å²) in [5.74, 6) is -0.831. The van der Waals surface area contributed by atoms with Gasteiger partial charge in [-0.25, -0.2) is 0 Å². The zero-order chi connectivity index (χ0) is 11.7. The molecule has 0 aliphatic heterocycles. The van der Waals surface area contributed by atoms with E-state index in [1.807, 2.05) is 6.92 Å². The summed E-state index contributed by atoms with van der Waals surface area (Å²) < 4.78 is 26.7. The van der Waals surface area contributed by atoms with Gasteiger partial charge < -0.3 is 9.50 Å². The van der Waals surface area contributed by atoms with Crippen LogP contribution in [0.5, 0.6) is 0 Å². The summed E-state index contributed by atoms with van der Waals surface area (Å²) in [6.45, 7) is 2.29. The van der Waals surface area contributed by atoms with Gasteiger partial charge in [0.1, 0.15) is 0 Å². The molecule has 0 aliphatic carbocycles. The van der Waals surface area contributed by atoms with Crippen molar-refractivity contribution in [1.82, 2.24) is 5.32 Å². The van der Waals surface area contributed by atoms with E-state index in [1.54, 1.807) is 7.05 Å². The van der Waals surface area contributed by atoms with Crippen LogP contribution in [0.25, 0.3) is 0 Å². The number of nitrogens with one attached hydrogen (secondary N) is 1. The van der Waals surface area contributed by atoms with Crippen LogP contribution in [0.2, 0.25) is 0 Å². The van der Waals surface area contributed by atoms with Crippen molar-refractivity contribution in [3.05, 3.63) is 0 Å². The first-order valence-electron chi connectivity index (χ1n) is 5.11. The Morgan fingerprint density at radius 2 is 1.94 bits per heavy atom. The normalized spacial score (nSPS) is 10.6. The summed E-state index contributed by atoms with van der Waals surface area (Å²) in [6.07, 6.45) is 2.74. The van der Waals surface area contributed by atoms with Crippen molar-refractivity contribution in [2.75, 3.05) is 19.3 Å². The van der Waals surface area contributed by atoms with Crippen LogP contribution < -0.4 is 5.32 Å². The first-order chi connectivity index (χ1) is 7.02. The first kappa shape index (κ1) is 18.7. The van der Waals surface area contributed by atoms with E-state index in [0.717, 1.165) is 12.8 Å². The SMILES string of the molecule is CCCCCC(=O)OS(=O)(=O)CCNC.[Na]. The number of hydrogen-bond acceptors (Lipinski definition) is 5. The van der Waals surface area contributed by atoms with E-state index in [-0.39, 0.29) is 48.3 Å². The first-order valence-corrected chi connectivity index (χ1v) is 6.69. The molecule has 0 atom stereocenters. The Morgan fingerprint density at radius 1 is 1.31 bits per heavy atom. The number of unbranched alkanes of at least 4 members (excludes halogenated alkanes) is 2. The van der Waals surface area contributed by atoms with Crippen LogP contribution in [0.3, 0.4) is 0 Å². The fraction of sp³-hybridized carbons (Fsp3) is 0.889. The quantitative estimate of drug-likeness (QED) is 0.385. The largest absolute Gasteiger partial charge is 0.346 e. The Hall–Kier alpha value is 0.380. The Morgan fingerprint density at radius 3 is 2.44 bits per heavy atom. The van der Waals surface area contributed by atoms with E-state index in [0.29, 0.717) is 6.42 Å². The molecule has 0 amide bonds. The Balaban J connectivity index is 0. The molecule has 0 aromatic carbocycles. The third-order valence-corrected chi connectivity index (χ3v) is 2.95. The van der Waals surface area contributed by atoms with Crippen LogP contribution in [0.15, 0.2) is 0 Å². The second kappa shape index (κ2) is 10.5. The van der Waals surface area contributed by atoms with Crippen LogP contribution >= 0.6 is 0 Å². The molecule has 91 valence electrons. The van der Waals surface area contributed by atoms with Crippen molar-refractivity contribution in [2.45, 2.75) is 32.6 Å². The van der Waals surface area contributed by atoms with Gasteiger partial charge in [0, 0.05) is 42.5 Å². The zero-order valence-corrected chi connectivity index (χ0v) is 13.1. The van der Waals surface area contributed by atoms with Gasteiger partial charge in [-0.3, -0.25) is 4.79 Å². The van der Waals surface area contributed by atoms with Gasteiger partial charge in [0.25, 0.3) is 0 Å². The predicted molar refractivity (Wildman–Crippen MR) is 63.7 cm³/mol. The molecule has 0 bridgehead atoms. The van der Waals surface area contributed by atoms with Crippen LogP contribution in [-0.2, 0) is 19.1 Å². The zero-order valence-electron chi connectivity index (χ0n) is 10.3. The number of rotatable bonds is 8. The predicted octanol–water partition coefficient (Wildman–Crippen LogP) is 0.278. The van der Waals surface area contributed by atoms with Crippen LogP contribution in [0.4, 0.5) is 0 Å². The maximum atomic E-state index is 11.1. The molecule has 0 saturated carbocycles. The van der Waals surface area contributed by atoms with Crippen LogP contribution in [0.1, 0.15) is 32.6 Å². The summed E-state index contributed by atoms with van der Waals surface area (Å²) in [5.41, 5.74) is 0. The molecule has 1 radical (unpaired) electrons. The summed E-state index contributed by atoms with van der Waals surface area (Å²) in [5, 5.41) is 2.68. The van der Waals surface area contributed by atoms with Crippen LogP contribution in [0, 0.1) is 0 Å². The van der Waals surface area contributed by atoms with Gasteiger partial charge in [0.2, 0.25) is 0 Å². The molecule has 16 heavy (non-hydrogen) atoms. The Kier molecular flexibility index (Phi) is 12.3. The molecule has 0 saturated heterocycles. The van der Waals surface area contributed by atoms with E-state index in [2.05, 4.69) is 9.50 Å². The standard InChI is InChI=1S/C9H19NO4S.Na/c1-3-4-5-6-9(11)14-15(12,13)8-7-10-2;/h10H,3-8H2,1-2H3;. The third kappa shape index (κ3) is 10.9. The number of carbonyl (C=O) groups excluding carboxylic acids is 1. The van der Waals surface area contributed by atoms with Crippen molar-refractivity contribution >= 4 is 45.6 Å². The topological polar surface area (TPSA) is 72.5 Å². The Bertz CT molecular complexity index is 279. The van der Waals surface area contributed by atoms with Crippen molar-refractivity contribution in [3.63, 3.8) is 0 Å². The second-order valence-electron chi connectivity index (χ2n) is 3.28. The molecule has 0 aromatic rings. The van der Waals surface area contributed by atoms with E-state index in [9.17, 15) is 13.2 Å². The number of hydrogen-bond donors (Lipinski definition) is 1. The van der Waals surface area contributed by atoms with Gasteiger partial charge in [0.15, 0.2) is 0 Å². The fourth-order valence-corrected chi connectivity index (χ4v) is 1.88. The summed E-state index contributed by atoms with van der Waals surface area (Å²) in [4.78, 5) is 11.1. The van der Waals surface area contributed by atoms with E-state index >= 15 is 0 Å². The van der Waals surface area contributed by atoms with Crippen molar-refractivity contribution in [1.29, 1.82) is 0 Å². The van der Waals surface area contributed by atoms with E-state index < -0.39 is 16.1 Å². The average molecular weight is 260 g/mol. The van der Waals surface area contributed by atoms with Crippen molar-refractivity contribution in [2.24, 2.45) is 0 Å². The Labute approximate surface area is 120 Å². The average Bonchev–Trinajstić information content (AvgIpc) is 2.14. The van der Waals surface area contributed by atoms with E-state index in [4.69, 9.17) is 0 Å². The molecule has 1 N–H and O–H groups in total. The molecule has 0 aromatic heterocycles. The molecule has 7 heteroatoms. The molecule has 0 unspecified atom stereocenters. The number of carbonyl (C=O) groups is 1. The molecule has 0 spiro atoms. The minimum Gasteiger partial charge on any atom is -0.346 e. The van der Waals surface area contributed by atoms with Gasteiger partial charge in [-0.1, -0.05) is 19.8 Å².